The van der Waals surface area contributed by atoms with Gasteiger partial charge in [0, 0.05) is 12.0 Å². The molecule has 25 heavy (non-hydrogen) atoms. The number of nitrogens with zero attached hydrogens (tertiary/aromatic N) is 1. The molecule has 0 bridgehead atoms. The van der Waals surface area contributed by atoms with Crippen LogP contribution in [0.1, 0.15) is 24.5 Å². The van der Waals surface area contributed by atoms with E-state index in [1.165, 1.54) is 27.9 Å². The third-order valence-corrected chi connectivity index (χ3v) is 6.22. The molecule has 0 radical (unpaired) electrons. The molecule has 0 fully saturated rings. The van der Waals surface area contributed by atoms with Crippen LogP contribution in [0.3, 0.4) is 0 Å². The average molecular weight is 333 g/mol. The fourth-order valence-corrected chi connectivity index (χ4v) is 4.28. The summed E-state index contributed by atoms with van der Waals surface area (Å²) in [6.45, 7) is 2.38. The van der Waals surface area contributed by atoms with Gasteiger partial charge in [-0.05, 0) is 48.6 Å². The molecule has 2 aliphatic carbocycles. The van der Waals surface area contributed by atoms with Gasteiger partial charge in [-0.15, -0.1) is 0 Å². The molecule has 0 saturated carbocycles. The molecule has 0 amide bonds. The van der Waals surface area contributed by atoms with E-state index in [1.54, 1.807) is 0 Å². The molecule has 1 atom stereocenters. The summed E-state index contributed by atoms with van der Waals surface area (Å²) in [4.78, 5) is 0. The highest BCUT2D eigenvalue weighted by atomic mass is 16.0. The molecular weight excluding hydrogens is 306 g/mol. The van der Waals surface area contributed by atoms with Crippen molar-refractivity contribution >= 4 is 5.69 Å². The van der Waals surface area contributed by atoms with E-state index in [-0.39, 0.29) is 11.0 Å². The highest BCUT2D eigenvalue weighted by Gasteiger charge is 2.42. The highest BCUT2D eigenvalue weighted by Crippen LogP contribution is 2.43. The number of quaternary nitrogens is 1. The third kappa shape index (κ3) is 2.66. The first kappa shape index (κ1) is 17.7. The Morgan fingerprint density at radius 1 is 0.880 bits per heavy atom. The average Bonchev–Trinajstić information content (AvgIpc) is 2.61. The quantitative estimate of drug-likeness (QED) is 0.702. The van der Waals surface area contributed by atoms with E-state index in [1.807, 2.05) is 0 Å². The van der Waals surface area contributed by atoms with E-state index < -0.39 is 0 Å². The van der Waals surface area contributed by atoms with E-state index in [0.29, 0.717) is 0 Å². The molecule has 1 unspecified atom stereocenters. The topological polar surface area (TPSA) is 30.0 Å². The minimum Gasteiger partial charge on any atom is -0.870 e. The lowest BCUT2D eigenvalue weighted by molar-refractivity contribution is 0.229. The summed E-state index contributed by atoms with van der Waals surface area (Å²) in [5.74, 6) is 0. The Bertz CT molecular complexity index is 847. The summed E-state index contributed by atoms with van der Waals surface area (Å²) >= 11 is 0. The molecule has 2 aromatic rings. The number of benzene rings is 2. The number of likely N-dealkylation sites (N-methyl/N-ethyl adjacent to an activating group) is 1. The summed E-state index contributed by atoms with van der Waals surface area (Å²) in [6, 6.07) is 15.8. The van der Waals surface area contributed by atoms with Gasteiger partial charge in [-0.1, -0.05) is 54.6 Å². The van der Waals surface area contributed by atoms with Crippen molar-refractivity contribution in [3.63, 3.8) is 0 Å². The number of hydrogen-bond donors (Lipinski definition) is 0. The maximum Gasteiger partial charge on any atom is 0.136 e. The minimum absolute atomic E-state index is 0. The van der Waals surface area contributed by atoms with Gasteiger partial charge in [0.25, 0.3) is 0 Å². The molecule has 0 saturated heterocycles. The van der Waals surface area contributed by atoms with Crippen molar-refractivity contribution in [3.05, 3.63) is 77.9 Å². The van der Waals surface area contributed by atoms with Gasteiger partial charge < -0.3 is 5.48 Å². The number of hydrogen-bond acceptors (Lipinski definition) is 1. The van der Waals surface area contributed by atoms with Crippen LogP contribution in [0.2, 0.25) is 0 Å². The molecule has 2 aromatic carbocycles. The number of allylic oxidation sites excluding steroid dienone is 2. The second-order valence-corrected chi connectivity index (χ2v) is 7.76. The third-order valence-electron chi connectivity index (χ3n) is 6.22. The number of fused-ring (bicyclic) bond motifs is 3. The second-order valence-electron chi connectivity index (χ2n) is 7.76. The first-order valence-corrected chi connectivity index (χ1v) is 8.92. The zero-order chi connectivity index (χ0) is 16.8. The van der Waals surface area contributed by atoms with Gasteiger partial charge in [-0.2, -0.15) is 0 Å². The van der Waals surface area contributed by atoms with Crippen LogP contribution in [0.25, 0.3) is 11.1 Å². The lowest BCUT2D eigenvalue weighted by Crippen LogP contribution is -2.58. The Morgan fingerprint density at radius 2 is 1.64 bits per heavy atom. The van der Waals surface area contributed by atoms with Gasteiger partial charge in [0.2, 0.25) is 0 Å². The lowest BCUT2D eigenvalue weighted by Gasteiger charge is -2.46. The van der Waals surface area contributed by atoms with Crippen molar-refractivity contribution in [3.8, 4) is 11.1 Å². The minimum atomic E-state index is 0. The van der Waals surface area contributed by atoms with Crippen molar-refractivity contribution in [2.24, 2.45) is 0 Å². The normalized spacial score (nSPS) is 21.2. The largest absolute Gasteiger partial charge is 0.870 e. The zero-order valence-electron chi connectivity index (χ0n) is 15.4. The summed E-state index contributed by atoms with van der Waals surface area (Å²) in [7, 11) is 4.72. The van der Waals surface area contributed by atoms with Crippen molar-refractivity contribution in [1.82, 2.24) is 4.48 Å². The second kappa shape index (κ2) is 6.29. The molecule has 4 rings (SSSR count). The van der Waals surface area contributed by atoms with Crippen LogP contribution in [-0.2, 0) is 12.8 Å². The monoisotopic (exact) mass is 333 g/mol. The first-order valence-electron chi connectivity index (χ1n) is 8.92. The maximum atomic E-state index is 2.38. The fraction of sp³-hybridized carbons (Fsp3) is 0.304. The predicted molar refractivity (Wildman–Crippen MR) is 106 cm³/mol. The molecule has 2 aliphatic rings. The van der Waals surface area contributed by atoms with Crippen LogP contribution < -0.4 is 4.48 Å². The van der Waals surface area contributed by atoms with Crippen molar-refractivity contribution < 1.29 is 5.48 Å². The van der Waals surface area contributed by atoms with Crippen molar-refractivity contribution in [1.29, 1.82) is 0 Å². The predicted octanol–water partition coefficient (Wildman–Crippen LogP) is 5.12. The van der Waals surface area contributed by atoms with E-state index >= 15 is 0 Å². The Balaban J connectivity index is 0.00000182. The van der Waals surface area contributed by atoms with Gasteiger partial charge >= 0.3 is 0 Å². The fourth-order valence-electron chi connectivity index (χ4n) is 4.28. The molecule has 1 N–H and O–H groups in total. The summed E-state index contributed by atoms with van der Waals surface area (Å²) < 4.78 is 0.888. The van der Waals surface area contributed by atoms with Crippen LogP contribution in [0.15, 0.2) is 66.8 Å². The lowest BCUT2D eigenvalue weighted by atomic mass is 9.82. The van der Waals surface area contributed by atoms with Crippen molar-refractivity contribution in [2.45, 2.75) is 31.7 Å². The summed E-state index contributed by atoms with van der Waals surface area (Å²) in [6.07, 6.45) is 12.4. The van der Waals surface area contributed by atoms with Crippen LogP contribution in [-0.4, -0.2) is 25.1 Å². The SMILES string of the molecule is CC1([N+](C)(C)c2cccc3c2CCc2ccccc2-3)C=CC=CC1.[OH-]. The van der Waals surface area contributed by atoms with Gasteiger partial charge in [0.15, 0.2) is 0 Å². The van der Waals surface area contributed by atoms with Crippen LogP contribution in [0, 0.1) is 0 Å². The van der Waals surface area contributed by atoms with Crippen LogP contribution in [0.5, 0.6) is 0 Å². The Hall–Kier alpha value is -2.16. The Kier molecular flexibility index (Phi) is 4.44. The number of aryl methyl sites for hydroxylation is 1. The molecule has 2 nitrogen and oxygen atoms in total. The van der Waals surface area contributed by atoms with E-state index in [0.717, 1.165) is 23.7 Å². The van der Waals surface area contributed by atoms with Crippen LogP contribution in [0.4, 0.5) is 5.69 Å². The zero-order valence-corrected chi connectivity index (χ0v) is 15.4. The first-order chi connectivity index (χ1) is 11.5. The Labute approximate surface area is 151 Å². The van der Waals surface area contributed by atoms with Gasteiger partial charge in [0.05, 0.1) is 14.1 Å². The molecule has 0 heterocycles. The smallest absolute Gasteiger partial charge is 0.136 e. The summed E-state index contributed by atoms with van der Waals surface area (Å²) in [5.41, 5.74) is 7.43. The van der Waals surface area contributed by atoms with Gasteiger partial charge in [-0.3, -0.25) is 4.48 Å². The van der Waals surface area contributed by atoms with Crippen LogP contribution >= 0.6 is 0 Å². The van der Waals surface area contributed by atoms with E-state index in [4.69, 9.17) is 0 Å². The molecule has 0 aromatic heterocycles. The van der Waals surface area contributed by atoms with E-state index in [9.17, 15) is 0 Å². The molecule has 130 valence electrons. The summed E-state index contributed by atoms with van der Waals surface area (Å²) in [5, 5.41) is 0. The Morgan fingerprint density at radius 3 is 2.40 bits per heavy atom. The molecule has 0 spiro atoms. The highest BCUT2D eigenvalue weighted by molar-refractivity contribution is 5.78. The molecular formula is C23H27NO. The van der Waals surface area contributed by atoms with E-state index in [2.05, 4.69) is 87.8 Å². The van der Waals surface area contributed by atoms with Gasteiger partial charge in [0.1, 0.15) is 11.2 Å². The van der Waals surface area contributed by atoms with Crippen molar-refractivity contribution in [2.75, 3.05) is 14.1 Å². The number of rotatable bonds is 2. The molecule has 0 aliphatic heterocycles. The molecule has 2 heteroatoms. The van der Waals surface area contributed by atoms with Gasteiger partial charge in [-0.25, -0.2) is 0 Å². The maximum absolute atomic E-state index is 2.38. The standard InChI is InChI=1S/C23H26N.H2O/c1-23(16-7-4-8-17-23)24(2,3)22-13-9-12-20-19-11-6-5-10-18(19)14-15-21(20)22;/h4-13,16H,14-15,17H2,1-3H3;1H2/q+1;/p-1.